The minimum absolute atomic E-state index is 0. The molecule has 0 unspecified atom stereocenters. The van der Waals surface area contributed by atoms with Gasteiger partial charge in [0.05, 0.1) is 17.2 Å². The summed E-state index contributed by atoms with van der Waals surface area (Å²) in [4.78, 5) is 11.9. The molecule has 6 nitrogen and oxygen atoms in total. The van der Waals surface area contributed by atoms with Crippen LogP contribution in [0.25, 0.3) is 0 Å². The van der Waals surface area contributed by atoms with Gasteiger partial charge in [0, 0.05) is 25.4 Å². The molecule has 2 rings (SSSR count). The zero-order chi connectivity index (χ0) is 17.7. The first-order valence-corrected chi connectivity index (χ1v) is 8.06. The van der Waals surface area contributed by atoms with E-state index < -0.39 is 11.9 Å². The summed E-state index contributed by atoms with van der Waals surface area (Å²) >= 11 is 0.994. The van der Waals surface area contributed by atoms with E-state index in [1.807, 2.05) is 13.8 Å². The van der Waals surface area contributed by atoms with E-state index in [1.54, 1.807) is 7.05 Å². The maximum absolute atomic E-state index is 12.5. The third-order valence-electron chi connectivity index (χ3n) is 3.18. The molecule has 0 bridgehead atoms. The number of alkyl halides is 3. The molecule has 0 aliphatic rings. The highest BCUT2D eigenvalue weighted by Crippen LogP contribution is 2.29. The molecule has 0 aliphatic carbocycles. The van der Waals surface area contributed by atoms with E-state index in [4.69, 9.17) is 4.42 Å². The SMILES string of the molecule is CN=C(NCCc1nc(C(F)(F)F)cs1)NCc1nc(C)c(C)o1.I. The van der Waals surface area contributed by atoms with E-state index in [2.05, 4.69) is 25.6 Å². The molecule has 25 heavy (non-hydrogen) atoms. The Kier molecular flexibility index (Phi) is 8.12. The number of nitrogens with one attached hydrogen (secondary N) is 2. The van der Waals surface area contributed by atoms with Crippen molar-refractivity contribution in [1.29, 1.82) is 0 Å². The van der Waals surface area contributed by atoms with Gasteiger partial charge in [-0.25, -0.2) is 9.97 Å². The Morgan fingerprint density at radius 1 is 1.28 bits per heavy atom. The van der Waals surface area contributed by atoms with Crippen LogP contribution in [0.3, 0.4) is 0 Å². The molecule has 0 aromatic carbocycles. The minimum atomic E-state index is -4.40. The standard InChI is InChI=1S/C14H18F3N5OS.HI/c1-8-9(2)23-11(21-8)6-20-13(18-3)19-5-4-12-22-10(7-24-12)14(15,16)17;/h7H,4-6H2,1-3H3,(H2,18,19,20);1H. The summed E-state index contributed by atoms with van der Waals surface area (Å²) < 4.78 is 42.9. The summed E-state index contributed by atoms with van der Waals surface area (Å²) in [5.41, 5.74) is -0.0152. The number of halogens is 4. The van der Waals surface area contributed by atoms with Crippen molar-refractivity contribution in [1.82, 2.24) is 20.6 Å². The topological polar surface area (TPSA) is 75.3 Å². The van der Waals surface area contributed by atoms with Crippen molar-refractivity contribution in [2.24, 2.45) is 4.99 Å². The summed E-state index contributed by atoms with van der Waals surface area (Å²) in [6.45, 7) is 4.47. The molecular formula is C14H19F3IN5OS. The molecule has 140 valence electrons. The van der Waals surface area contributed by atoms with Gasteiger partial charge in [-0.05, 0) is 13.8 Å². The Morgan fingerprint density at radius 2 is 2.00 bits per heavy atom. The lowest BCUT2D eigenvalue weighted by Gasteiger charge is -2.09. The number of nitrogens with zero attached hydrogens (tertiary/aromatic N) is 3. The first-order valence-electron chi connectivity index (χ1n) is 7.18. The Balaban J connectivity index is 0.00000312. The number of hydrogen-bond acceptors (Lipinski definition) is 5. The second-order valence-corrected chi connectivity index (χ2v) is 5.92. The van der Waals surface area contributed by atoms with Crippen LogP contribution < -0.4 is 10.6 Å². The number of rotatable bonds is 5. The van der Waals surface area contributed by atoms with Crippen LogP contribution >= 0.6 is 35.3 Å². The van der Waals surface area contributed by atoms with Crippen LogP contribution in [0, 0.1) is 13.8 Å². The minimum Gasteiger partial charge on any atom is -0.444 e. The number of hydrogen-bond donors (Lipinski definition) is 2. The molecule has 0 amide bonds. The quantitative estimate of drug-likeness (QED) is 0.383. The summed E-state index contributed by atoms with van der Waals surface area (Å²) in [5.74, 6) is 1.82. The molecule has 11 heteroatoms. The fourth-order valence-electron chi connectivity index (χ4n) is 1.84. The van der Waals surface area contributed by atoms with E-state index in [1.165, 1.54) is 0 Å². The van der Waals surface area contributed by atoms with E-state index >= 15 is 0 Å². The number of aromatic nitrogens is 2. The second-order valence-electron chi connectivity index (χ2n) is 4.98. The molecule has 0 atom stereocenters. The lowest BCUT2D eigenvalue weighted by Crippen LogP contribution is -2.37. The summed E-state index contributed by atoms with van der Waals surface area (Å²) in [6.07, 6.45) is -4.02. The fourth-order valence-corrected chi connectivity index (χ4v) is 2.64. The molecule has 0 spiro atoms. The van der Waals surface area contributed by atoms with Crippen molar-refractivity contribution in [2.75, 3.05) is 13.6 Å². The van der Waals surface area contributed by atoms with Gasteiger partial charge in [-0.1, -0.05) is 0 Å². The normalized spacial score (nSPS) is 12.0. The molecule has 0 saturated carbocycles. The lowest BCUT2D eigenvalue weighted by molar-refractivity contribution is -0.140. The van der Waals surface area contributed by atoms with Gasteiger partial charge in [0.2, 0.25) is 5.89 Å². The average Bonchev–Trinajstić information content (AvgIpc) is 3.10. The summed E-state index contributed by atoms with van der Waals surface area (Å²) in [7, 11) is 1.60. The monoisotopic (exact) mass is 489 g/mol. The van der Waals surface area contributed by atoms with Crippen molar-refractivity contribution in [2.45, 2.75) is 33.0 Å². The predicted molar refractivity (Wildman–Crippen MR) is 100 cm³/mol. The number of thiazole rings is 1. The number of guanidine groups is 1. The lowest BCUT2D eigenvalue weighted by atomic mass is 10.4. The third kappa shape index (κ3) is 6.45. The average molecular weight is 489 g/mol. The summed E-state index contributed by atoms with van der Waals surface area (Å²) in [6, 6.07) is 0. The molecule has 0 saturated heterocycles. The van der Waals surface area contributed by atoms with Crippen LogP contribution in [0.2, 0.25) is 0 Å². The third-order valence-corrected chi connectivity index (χ3v) is 4.09. The van der Waals surface area contributed by atoms with Crippen molar-refractivity contribution < 1.29 is 17.6 Å². The molecule has 2 aromatic heterocycles. The van der Waals surface area contributed by atoms with Crippen LogP contribution in [0.5, 0.6) is 0 Å². The van der Waals surface area contributed by atoms with Crippen LogP contribution in [-0.2, 0) is 19.1 Å². The maximum Gasteiger partial charge on any atom is 0.434 e. The molecule has 2 N–H and O–H groups in total. The van der Waals surface area contributed by atoms with Crippen molar-refractivity contribution in [3.05, 3.63) is 33.4 Å². The van der Waals surface area contributed by atoms with Crippen molar-refractivity contribution in [3.8, 4) is 0 Å². The van der Waals surface area contributed by atoms with Crippen molar-refractivity contribution in [3.63, 3.8) is 0 Å². The highest BCUT2D eigenvalue weighted by Gasteiger charge is 2.33. The molecular weight excluding hydrogens is 470 g/mol. The van der Waals surface area contributed by atoms with E-state index in [0.29, 0.717) is 36.4 Å². The first kappa shape index (κ1) is 21.7. The highest BCUT2D eigenvalue weighted by molar-refractivity contribution is 14.0. The largest absolute Gasteiger partial charge is 0.444 e. The molecule has 0 radical (unpaired) electrons. The Morgan fingerprint density at radius 3 is 2.52 bits per heavy atom. The predicted octanol–water partition coefficient (Wildman–Crippen LogP) is 3.29. The van der Waals surface area contributed by atoms with E-state index in [9.17, 15) is 13.2 Å². The van der Waals surface area contributed by atoms with Gasteiger partial charge in [-0.3, -0.25) is 4.99 Å². The van der Waals surface area contributed by atoms with Gasteiger partial charge in [-0.2, -0.15) is 13.2 Å². The number of oxazole rings is 1. The first-order chi connectivity index (χ1) is 11.3. The van der Waals surface area contributed by atoms with Crippen molar-refractivity contribution >= 4 is 41.3 Å². The van der Waals surface area contributed by atoms with Gasteiger partial charge in [0.25, 0.3) is 0 Å². The van der Waals surface area contributed by atoms with Crippen LogP contribution in [0.1, 0.15) is 28.0 Å². The smallest absolute Gasteiger partial charge is 0.434 e. The fraction of sp³-hybridized carbons (Fsp3) is 0.500. The van der Waals surface area contributed by atoms with Crippen LogP contribution in [-0.4, -0.2) is 29.5 Å². The zero-order valence-electron chi connectivity index (χ0n) is 13.9. The Labute approximate surface area is 164 Å². The van der Waals surface area contributed by atoms with Gasteiger partial charge < -0.3 is 15.1 Å². The van der Waals surface area contributed by atoms with Gasteiger partial charge in [-0.15, -0.1) is 35.3 Å². The highest BCUT2D eigenvalue weighted by atomic mass is 127. The Hall–Kier alpha value is -1.37. The van der Waals surface area contributed by atoms with Crippen LogP contribution in [0.4, 0.5) is 13.2 Å². The van der Waals surface area contributed by atoms with Crippen LogP contribution in [0.15, 0.2) is 14.8 Å². The number of aryl methyl sites for hydroxylation is 2. The molecule has 0 aliphatic heterocycles. The van der Waals surface area contributed by atoms with Gasteiger partial charge >= 0.3 is 6.18 Å². The number of aliphatic imine (C=N–C) groups is 1. The maximum atomic E-state index is 12.5. The second kappa shape index (κ2) is 9.36. The molecule has 2 heterocycles. The van der Waals surface area contributed by atoms with Gasteiger partial charge in [0.15, 0.2) is 11.7 Å². The zero-order valence-corrected chi connectivity index (χ0v) is 17.0. The molecule has 0 fully saturated rings. The molecule has 2 aromatic rings. The van der Waals surface area contributed by atoms with E-state index in [0.717, 1.165) is 28.2 Å². The Bertz CT molecular complexity index is 694. The van der Waals surface area contributed by atoms with Gasteiger partial charge in [0.1, 0.15) is 5.76 Å². The van der Waals surface area contributed by atoms with E-state index in [-0.39, 0.29) is 24.0 Å². The summed E-state index contributed by atoms with van der Waals surface area (Å²) in [5, 5.41) is 7.48.